The van der Waals surface area contributed by atoms with Gasteiger partial charge in [0.15, 0.2) is 5.69 Å². The molecule has 1 aliphatic rings. The number of aryl methyl sites for hydroxylation is 1. The minimum absolute atomic E-state index is 0.290. The SMILES string of the molecule is Cn1nc(C(=O)NCc2cccs2)c2c1CCC(NCC(F)(F)F)C2. The van der Waals surface area contributed by atoms with Crippen LogP contribution in [0.3, 0.4) is 0 Å². The lowest BCUT2D eigenvalue weighted by Crippen LogP contribution is -2.40. The zero-order valence-corrected chi connectivity index (χ0v) is 14.5. The summed E-state index contributed by atoms with van der Waals surface area (Å²) in [6.07, 6.45) is -2.66. The lowest BCUT2D eigenvalue weighted by molar-refractivity contribution is -0.126. The van der Waals surface area contributed by atoms with Crippen LogP contribution in [-0.4, -0.2) is 34.5 Å². The van der Waals surface area contributed by atoms with Crippen LogP contribution in [0.2, 0.25) is 0 Å². The number of nitrogens with zero attached hydrogens (tertiary/aromatic N) is 2. The van der Waals surface area contributed by atoms with E-state index in [4.69, 9.17) is 0 Å². The van der Waals surface area contributed by atoms with Gasteiger partial charge < -0.3 is 10.6 Å². The first-order valence-electron chi connectivity index (χ1n) is 7.99. The van der Waals surface area contributed by atoms with Crippen molar-refractivity contribution in [3.05, 3.63) is 39.3 Å². The molecule has 2 N–H and O–H groups in total. The second kappa shape index (κ2) is 7.17. The highest BCUT2D eigenvalue weighted by molar-refractivity contribution is 7.09. The molecule has 2 aromatic rings. The van der Waals surface area contributed by atoms with E-state index in [9.17, 15) is 18.0 Å². The number of fused-ring (bicyclic) bond motifs is 1. The van der Waals surface area contributed by atoms with Gasteiger partial charge in [-0.05, 0) is 30.7 Å². The number of nitrogens with one attached hydrogen (secondary N) is 2. The highest BCUT2D eigenvalue weighted by atomic mass is 32.1. The third-order valence-electron chi connectivity index (χ3n) is 4.26. The smallest absolute Gasteiger partial charge is 0.346 e. The van der Waals surface area contributed by atoms with E-state index < -0.39 is 12.7 Å². The standard InChI is InChI=1S/C16H19F3N4OS/c1-23-13-5-4-10(21-9-16(17,18)19)7-12(13)14(22-23)15(24)20-8-11-3-2-6-25-11/h2-3,6,10,21H,4-5,7-9H2,1H3,(H,20,24). The first kappa shape index (κ1) is 17.9. The Morgan fingerprint density at radius 1 is 1.48 bits per heavy atom. The first-order valence-corrected chi connectivity index (χ1v) is 8.87. The average molecular weight is 372 g/mol. The molecule has 0 saturated heterocycles. The van der Waals surface area contributed by atoms with E-state index in [1.165, 1.54) is 0 Å². The first-order chi connectivity index (χ1) is 11.8. The fraction of sp³-hybridized carbons (Fsp3) is 0.500. The summed E-state index contributed by atoms with van der Waals surface area (Å²) in [5.41, 5.74) is 1.98. The molecule has 0 aromatic carbocycles. The van der Waals surface area contributed by atoms with E-state index in [-0.39, 0.29) is 11.9 Å². The van der Waals surface area contributed by atoms with Crippen LogP contribution in [0.15, 0.2) is 17.5 Å². The molecule has 2 aromatic heterocycles. The van der Waals surface area contributed by atoms with Gasteiger partial charge in [0.2, 0.25) is 0 Å². The van der Waals surface area contributed by atoms with E-state index >= 15 is 0 Å². The Balaban J connectivity index is 1.69. The maximum absolute atomic E-state index is 12.5. The van der Waals surface area contributed by atoms with E-state index in [1.54, 1.807) is 23.1 Å². The fourth-order valence-corrected chi connectivity index (χ4v) is 3.71. The summed E-state index contributed by atoms with van der Waals surface area (Å²) >= 11 is 1.55. The van der Waals surface area contributed by atoms with Crippen molar-refractivity contribution in [2.75, 3.05) is 6.54 Å². The van der Waals surface area contributed by atoms with Crippen LogP contribution in [0, 0.1) is 0 Å². The van der Waals surface area contributed by atoms with Gasteiger partial charge in [-0.25, -0.2) is 0 Å². The second-order valence-corrected chi connectivity index (χ2v) is 7.13. The Labute approximate surface area is 147 Å². The number of amides is 1. The van der Waals surface area contributed by atoms with Crippen molar-refractivity contribution in [2.45, 2.75) is 38.0 Å². The van der Waals surface area contributed by atoms with Gasteiger partial charge in [-0.1, -0.05) is 6.07 Å². The summed E-state index contributed by atoms with van der Waals surface area (Å²) in [4.78, 5) is 13.5. The third kappa shape index (κ3) is 4.40. The number of hydrogen-bond acceptors (Lipinski definition) is 4. The number of aromatic nitrogens is 2. The molecule has 0 spiro atoms. The van der Waals surface area contributed by atoms with E-state index in [1.807, 2.05) is 17.5 Å². The molecule has 1 aliphatic carbocycles. The fourth-order valence-electron chi connectivity index (χ4n) is 3.07. The molecule has 0 saturated carbocycles. The zero-order chi connectivity index (χ0) is 18.0. The van der Waals surface area contributed by atoms with Crippen LogP contribution in [0.5, 0.6) is 0 Å². The number of carbonyl (C=O) groups excluding carboxylic acids is 1. The number of alkyl halides is 3. The number of hydrogen-bond donors (Lipinski definition) is 2. The highest BCUT2D eigenvalue weighted by Gasteiger charge is 2.32. The monoisotopic (exact) mass is 372 g/mol. The van der Waals surface area contributed by atoms with E-state index in [0.717, 1.165) is 16.1 Å². The van der Waals surface area contributed by atoms with E-state index in [0.29, 0.717) is 31.5 Å². The highest BCUT2D eigenvalue weighted by Crippen LogP contribution is 2.25. The molecule has 25 heavy (non-hydrogen) atoms. The maximum atomic E-state index is 12.5. The van der Waals surface area contributed by atoms with Gasteiger partial charge in [-0.2, -0.15) is 18.3 Å². The van der Waals surface area contributed by atoms with Crippen molar-refractivity contribution in [1.82, 2.24) is 20.4 Å². The molecule has 0 aliphatic heterocycles. The minimum atomic E-state index is -4.24. The molecule has 1 atom stereocenters. The third-order valence-corrected chi connectivity index (χ3v) is 5.14. The van der Waals surface area contributed by atoms with Gasteiger partial charge >= 0.3 is 6.18 Å². The van der Waals surface area contributed by atoms with Gasteiger partial charge in [-0.3, -0.25) is 9.48 Å². The molecule has 1 unspecified atom stereocenters. The van der Waals surface area contributed by atoms with Crippen LogP contribution < -0.4 is 10.6 Å². The molecule has 0 bridgehead atoms. The van der Waals surface area contributed by atoms with Crippen molar-refractivity contribution in [1.29, 1.82) is 0 Å². The van der Waals surface area contributed by atoms with Gasteiger partial charge in [-0.15, -0.1) is 11.3 Å². The molecular weight excluding hydrogens is 353 g/mol. The van der Waals surface area contributed by atoms with Crippen LogP contribution in [0.25, 0.3) is 0 Å². The molecule has 2 heterocycles. The molecule has 0 fully saturated rings. The lowest BCUT2D eigenvalue weighted by atomic mass is 9.91. The number of halogens is 3. The minimum Gasteiger partial charge on any atom is -0.346 e. The predicted molar refractivity (Wildman–Crippen MR) is 88.6 cm³/mol. The van der Waals surface area contributed by atoms with Crippen molar-refractivity contribution in [3.8, 4) is 0 Å². The molecular formula is C16H19F3N4OS. The molecule has 3 rings (SSSR count). The number of thiophene rings is 1. The number of carbonyl (C=O) groups is 1. The second-order valence-electron chi connectivity index (χ2n) is 6.10. The average Bonchev–Trinajstić information content (AvgIpc) is 3.18. The largest absolute Gasteiger partial charge is 0.401 e. The molecule has 5 nitrogen and oxygen atoms in total. The summed E-state index contributed by atoms with van der Waals surface area (Å²) < 4.78 is 38.9. The summed E-state index contributed by atoms with van der Waals surface area (Å²) in [7, 11) is 1.76. The summed E-state index contributed by atoms with van der Waals surface area (Å²) in [6, 6.07) is 3.53. The van der Waals surface area contributed by atoms with E-state index in [2.05, 4.69) is 15.7 Å². The molecule has 9 heteroatoms. The summed E-state index contributed by atoms with van der Waals surface area (Å²) in [5, 5.41) is 11.6. The number of rotatable bonds is 5. The van der Waals surface area contributed by atoms with Gasteiger partial charge in [0.1, 0.15) is 0 Å². The van der Waals surface area contributed by atoms with Crippen molar-refractivity contribution in [2.24, 2.45) is 7.05 Å². The summed E-state index contributed by atoms with van der Waals surface area (Å²) in [5.74, 6) is -0.290. The Morgan fingerprint density at radius 3 is 2.96 bits per heavy atom. The Morgan fingerprint density at radius 2 is 2.28 bits per heavy atom. The van der Waals surface area contributed by atoms with Crippen LogP contribution in [0.1, 0.15) is 33.0 Å². The topological polar surface area (TPSA) is 59.0 Å². The van der Waals surface area contributed by atoms with Crippen molar-refractivity contribution < 1.29 is 18.0 Å². The molecule has 1 amide bonds. The van der Waals surface area contributed by atoms with Crippen LogP contribution in [-0.2, 0) is 26.4 Å². The van der Waals surface area contributed by atoms with Crippen LogP contribution in [0.4, 0.5) is 13.2 Å². The Bertz CT molecular complexity index is 739. The quantitative estimate of drug-likeness (QED) is 0.848. The van der Waals surface area contributed by atoms with Gasteiger partial charge in [0.05, 0.1) is 13.1 Å². The Hall–Kier alpha value is -1.87. The normalized spacial score (nSPS) is 17.4. The van der Waals surface area contributed by atoms with Crippen molar-refractivity contribution >= 4 is 17.2 Å². The van der Waals surface area contributed by atoms with Gasteiger partial charge in [0, 0.05) is 29.2 Å². The van der Waals surface area contributed by atoms with Crippen molar-refractivity contribution in [3.63, 3.8) is 0 Å². The Kier molecular flexibility index (Phi) is 5.14. The zero-order valence-electron chi connectivity index (χ0n) is 13.7. The summed E-state index contributed by atoms with van der Waals surface area (Å²) in [6.45, 7) is -0.606. The molecule has 136 valence electrons. The maximum Gasteiger partial charge on any atom is 0.401 e. The lowest BCUT2D eigenvalue weighted by Gasteiger charge is -2.24. The predicted octanol–water partition coefficient (Wildman–Crippen LogP) is 2.42. The van der Waals surface area contributed by atoms with Gasteiger partial charge in [0.25, 0.3) is 5.91 Å². The van der Waals surface area contributed by atoms with Crippen LogP contribution >= 0.6 is 11.3 Å². The molecule has 0 radical (unpaired) electrons.